The molecule has 0 aliphatic rings. The zero-order valence-corrected chi connectivity index (χ0v) is 11.6. The first-order valence-electron chi connectivity index (χ1n) is 5.68. The van der Waals surface area contributed by atoms with Gasteiger partial charge >= 0.3 is 0 Å². The first-order valence-corrected chi connectivity index (χ1v) is 6.67. The van der Waals surface area contributed by atoms with Crippen LogP contribution in [0.5, 0.6) is 0 Å². The summed E-state index contributed by atoms with van der Waals surface area (Å²) in [4.78, 5) is 8.95. The van der Waals surface area contributed by atoms with Crippen molar-refractivity contribution in [2.45, 2.75) is 45.8 Å². The van der Waals surface area contributed by atoms with E-state index in [1.165, 1.54) is 5.56 Å². The van der Waals surface area contributed by atoms with E-state index in [0.717, 1.165) is 28.8 Å². The second-order valence-corrected chi connectivity index (χ2v) is 5.32. The molecule has 90 valence electrons. The van der Waals surface area contributed by atoms with Crippen LogP contribution in [0.1, 0.15) is 30.8 Å². The van der Waals surface area contributed by atoms with Gasteiger partial charge in [-0.25, -0.2) is 9.97 Å². The van der Waals surface area contributed by atoms with Crippen LogP contribution in [0, 0.1) is 20.8 Å². The molecule has 0 atom stereocenters. The van der Waals surface area contributed by atoms with Crippen LogP contribution in [0.4, 0.5) is 0 Å². The highest BCUT2D eigenvalue weighted by Crippen LogP contribution is 2.16. The average molecular weight is 239 g/mol. The van der Waals surface area contributed by atoms with Gasteiger partial charge in [-0.15, -0.1) is 0 Å². The number of thioether (sulfide) groups is 1. The van der Waals surface area contributed by atoms with E-state index in [0.29, 0.717) is 6.04 Å². The maximum absolute atomic E-state index is 4.47. The lowest BCUT2D eigenvalue weighted by molar-refractivity contribution is 0.615. The number of aromatic nitrogens is 2. The minimum atomic E-state index is 0.544. The third kappa shape index (κ3) is 4.10. The molecule has 0 saturated heterocycles. The van der Waals surface area contributed by atoms with Gasteiger partial charge < -0.3 is 5.32 Å². The van der Waals surface area contributed by atoms with E-state index in [1.54, 1.807) is 11.8 Å². The van der Waals surface area contributed by atoms with Gasteiger partial charge in [0.1, 0.15) is 0 Å². The summed E-state index contributed by atoms with van der Waals surface area (Å²) in [6.45, 7) is 11.5. The van der Waals surface area contributed by atoms with Crippen LogP contribution < -0.4 is 5.32 Å². The number of nitrogens with zero attached hydrogens (tertiary/aromatic N) is 2. The molecule has 0 unspecified atom stereocenters. The molecule has 1 rings (SSSR count). The Morgan fingerprint density at radius 2 is 1.69 bits per heavy atom. The number of nitrogens with one attached hydrogen (secondary N) is 1. The second kappa shape index (κ2) is 6.21. The molecule has 4 heteroatoms. The molecule has 1 aromatic heterocycles. The van der Waals surface area contributed by atoms with Crippen LogP contribution in [-0.4, -0.2) is 28.3 Å². The Morgan fingerprint density at radius 3 is 2.19 bits per heavy atom. The second-order valence-electron chi connectivity index (χ2n) is 4.26. The fourth-order valence-electron chi connectivity index (χ4n) is 1.30. The van der Waals surface area contributed by atoms with Crippen LogP contribution in [0.2, 0.25) is 0 Å². The van der Waals surface area contributed by atoms with Gasteiger partial charge in [-0.2, -0.15) is 0 Å². The Hall–Kier alpha value is -0.610. The van der Waals surface area contributed by atoms with Crippen molar-refractivity contribution < 1.29 is 0 Å². The highest BCUT2D eigenvalue weighted by Gasteiger charge is 2.04. The maximum Gasteiger partial charge on any atom is 0.188 e. The molecule has 0 fully saturated rings. The summed E-state index contributed by atoms with van der Waals surface area (Å²) in [7, 11) is 0. The predicted octanol–water partition coefficient (Wildman–Crippen LogP) is 2.49. The van der Waals surface area contributed by atoms with Crippen molar-refractivity contribution in [3.63, 3.8) is 0 Å². The first kappa shape index (κ1) is 13.5. The first-order chi connectivity index (χ1) is 7.50. The van der Waals surface area contributed by atoms with E-state index in [9.17, 15) is 0 Å². The SMILES string of the molecule is Cc1nc(SCCNC(C)C)nc(C)c1C. The number of hydrogen-bond donors (Lipinski definition) is 1. The molecular weight excluding hydrogens is 218 g/mol. The van der Waals surface area contributed by atoms with Gasteiger partial charge in [-0.1, -0.05) is 25.6 Å². The number of aryl methyl sites for hydroxylation is 2. The zero-order valence-electron chi connectivity index (χ0n) is 10.8. The lowest BCUT2D eigenvalue weighted by Gasteiger charge is -2.08. The van der Waals surface area contributed by atoms with Crippen molar-refractivity contribution in [2.75, 3.05) is 12.3 Å². The molecule has 0 bridgehead atoms. The largest absolute Gasteiger partial charge is 0.314 e. The standard InChI is InChI=1S/C12H21N3S/c1-8(2)13-6-7-16-12-14-10(4)9(3)11(5)15-12/h8,13H,6-7H2,1-5H3. The minimum absolute atomic E-state index is 0.544. The highest BCUT2D eigenvalue weighted by molar-refractivity contribution is 7.99. The molecule has 0 radical (unpaired) electrons. The van der Waals surface area contributed by atoms with Crippen LogP contribution in [0.15, 0.2) is 5.16 Å². The maximum atomic E-state index is 4.47. The molecule has 3 nitrogen and oxygen atoms in total. The normalized spacial score (nSPS) is 11.1. The van der Waals surface area contributed by atoms with Crippen LogP contribution >= 0.6 is 11.8 Å². The highest BCUT2D eigenvalue weighted by atomic mass is 32.2. The van der Waals surface area contributed by atoms with Gasteiger partial charge in [0.05, 0.1) is 0 Å². The van der Waals surface area contributed by atoms with E-state index in [1.807, 2.05) is 13.8 Å². The summed E-state index contributed by atoms with van der Waals surface area (Å²) in [5, 5.41) is 4.27. The Bertz CT molecular complexity index is 327. The van der Waals surface area contributed by atoms with Crippen LogP contribution in [-0.2, 0) is 0 Å². The Kier molecular flexibility index (Phi) is 5.22. The molecule has 1 N–H and O–H groups in total. The molecule has 1 aromatic rings. The van der Waals surface area contributed by atoms with E-state index in [4.69, 9.17) is 0 Å². The molecule has 0 spiro atoms. The molecular formula is C12H21N3S. The van der Waals surface area contributed by atoms with E-state index in [2.05, 4.69) is 36.1 Å². The Morgan fingerprint density at radius 1 is 1.12 bits per heavy atom. The van der Waals surface area contributed by atoms with Gasteiger partial charge in [0.25, 0.3) is 0 Å². The fraction of sp³-hybridized carbons (Fsp3) is 0.667. The van der Waals surface area contributed by atoms with Gasteiger partial charge in [0, 0.05) is 29.7 Å². The molecule has 0 amide bonds. The predicted molar refractivity (Wildman–Crippen MR) is 70.1 cm³/mol. The molecule has 1 heterocycles. The Balaban J connectivity index is 2.49. The van der Waals surface area contributed by atoms with Crippen molar-refractivity contribution in [1.29, 1.82) is 0 Å². The van der Waals surface area contributed by atoms with Crippen molar-refractivity contribution >= 4 is 11.8 Å². The summed E-state index contributed by atoms with van der Waals surface area (Å²) in [6, 6.07) is 0.544. The topological polar surface area (TPSA) is 37.8 Å². The monoisotopic (exact) mass is 239 g/mol. The van der Waals surface area contributed by atoms with E-state index < -0.39 is 0 Å². The van der Waals surface area contributed by atoms with Crippen molar-refractivity contribution in [2.24, 2.45) is 0 Å². The number of hydrogen-bond acceptors (Lipinski definition) is 4. The molecule has 0 aromatic carbocycles. The summed E-state index contributed by atoms with van der Waals surface area (Å²) in [5.74, 6) is 1.01. The molecule has 0 aliphatic carbocycles. The Labute approximate surface area is 102 Å². The summed E-state index contributed by atoms with van der Waals surface area (Å²) in [6.07, 6.45) is 0. The smallest absolute Gasteiger partial charge is 0.188 e. The lowest BCUT2D eigenvalue weighted by Crippen LogP contribution is -2.25. The summed E-state index contributed by atoms with van der Waals surface area (Å²) >= 11 is 1.71. The van der Waals surface area contributed by atoms with Crippen molar-refractivity contribution in [1.82, 2.24) is 15.3 Å². The van der Waals surface area contributed by atoms with Gasteiger partial charge in [-0.3, -0.25) is 0 Å². The minimum Gasteiger partial charge on any atom is -0.314 e. The average Bonchev–Trinajstić information content (AvgIpc) is 2.20. The van der Waals surface area contributed by atoms with E-state index >= 15 is 0 Å². The summed E-state index contributed by atoms with van der Waals surface area (Å²) in [5.41, 5.74) is 3.38. The molecule has 16 heavy (non-hydrogen) atoms. The van der Waals surface area contributed by atoms with Gasteiger partial charge in [0.2, 0.25) is 0 Å². The van der Waals surface area contributed by atoms with Crippen LogP contribution in [0.3, 0.4) is 0 Å². The van der Waals surface area contributed by atoms with Gasteiger partial charge in [0.15, 0.2) is 5.16 Å². The van der Waals surface area contributed by atoms with Gasteiger partial charge in [-0.05, 0) is 26.3 Å². The van der Waals surface area contributed by atoms with Crippen molar-refractivity contribution in [3.05, 3.63) is 17.0 Å². The fourth-order valence-corrected chi connectivity index (χ4v) is 2.10. The number of rotatable bonds is 5. The van der Waals surface area contributed by atoms with Crippen molar-refractivity contribution in [3.8, 4) is 0 Å². The quantitative estimate of drug-likeness (QED) is 0.487. The summed E-state index contributed by atoms with van der Waals surface area (Å²) < 4.78 is 0. The lowest BCUT2D eigenvalue weighted by atomic mass is 10.2. The zero-order chi connectivity index (χ0) is 12.1. The third-order valence-corrected chi connectivity index (χ3v) is 3.35. The molecule has 0 aliphatic heterocycles. The van der Waals surface area contributed by atoms with Crippen LogP contribution in [0.25, 0.3) is 0 Å². The van der Waals surface area contributed by atoms with E-state index in [-0.39, 0.29) is 0 Å². The third-order valence-electron chi connectivity index (χ3n) is 2.50. The molecule has 0 saturated carbocycles.